The molecule has 0 aromatic heterocycles. The molecule has 0 radical (unpaired) electrons. The van der Waals surface area contributed by atoms with Crippen molar-refractivity contribution in [1.29, 1.82) is 0 Å². The lowest BCUT2D eigenvalue weighted by Crippen LogP contribution is -2.47. The van der Waals surface area contributed by atoms with Gasteiger partial charge < -0.3 is 20.5 Å². The SMILES string of the molecule is CCOC(CCNC(=O)C(N)C1CCOCC1)C(C)C.Cl. The molecule has 6 heteroatoms. The van der Waals surface area contributed by atoms with Gasteiger partial charge in [-0.15, -0.1) is 12.4 Å². The van der Waals surface area contributed by atoms with E-state index in [0.717, 1.165) is 19.3 Å². The molecule has 5 nitrogen and oxygen atoms in total. The van der Waals surface area contributed by atoms with E-state index < -0.39 is 6.04 Å². The van der Waals surface area contributed by atoms with Gasteiger partial charge in [0.05, 0.1) is 12.1 Å². The Balaban J connectivity index is 0.00000400. The van der Waals surface area contributed by atoms with Gasteiger partial charge in [0.1, 0.15) is 0 Å². The molecule has 0 saturated carbocycles. The van der Waals surface area contributed by atoms with Crippen molar-refractivity contribution in [3.05, 3.63) is 0 Å². The minimum atomic E-state index is -0.413. The average Bonchev–Trinajstić information content (AvgIpc) is 2.46. The summed E-state index contributed by atoms with van der Waals surface area (Å²) in [5.74, 6) is 0.656. The second-order valence-electron chi connectivity index (χ2n) is 5.79. The summed E-state index contributed by atoms with van der Waals surface area (Å²) in [7, 11) is 0. The largest absolute Gasteiger partial charge is 0.381 e. The van der Waals surface area contributed by atoms with Gasteiger partial charge >= 0.3 is 0 Å². The lowest BCUT2D eigenvalue weighted by atomic mass is 9.92. The Hall–Kier alpha value is -0.360. The molecule has 2 unspecified atom stereocenters. The van der Waals surface area contributed by atoms with Crippen molar-refractivity contribution < 1.29 is 14.3 Å². The van der Waals surface area contributed by atoms with E-state index in [-0.39, 0.29) is 30.3 Å². The van der Waals surface area contributed by atoms with Gasteiger partial charge in [-0.05, 0) is 38.0 Å². The van der Waals surface area contributed by atoms with Gasteiger partial charge in [-0.2, -0.15) is 0 Å². The molecule has 1 amide bonds. The number of hydrogen-bond acceptors (Lipinski definition) is 4. The van der Waals surface area contributed by atoms with Crippen LogP contribution in [0.25, 0.3) is 0 Å². The van der Waals surface area contributed by atoms with Crippen molar-refractivity contribution in [2.45, 2.75) is 52.2 Å². The van der Waals surface area contributed by atoms with Crippen LogP contribution in [0.5, 0.6) is 0 Å². The molecule has 2 atom stereocenters. The number of nitrogens with two attached hydrogens (primary N) is 1. The van der Waals surface area contributed by atoms with E-state index in [9.17, 15) is 4.79 Å². The monoisotopic (exact) mass is 322 g/mol. The molecular weight excluding hydrogens is 292 g/mol. The Bertz CT molecular complexity index is 284. The zero-order valence-corrected chi connectivity index (χ0v) is 14.3. The highest BCUT2D eigenvalue weighted by Gasteiger charge is 2.26. The molecule has 126 valence electrons. The quantitative estimate of drug-likeness (QED) is 0.713. The molecule has 0 aromatic carbocycles. The van der Waals surface area contributed by atoms with E-state index >= 15 is 0 Å². The van der Waals surface area contributed by atoms with Crippen LogP contribution in [0.4, 0.5) is 0 Å². The van der Waals surface area contributed by atoms with Crippen molar-refractivity contribution in [3.8, 4) is 0 Å². The van der Waals surface area contributed by atoms with Gasteiger partial charge in [-0.3, -0.25) is 4.79 Å². The third kappa shape index (κ3) is 7.45. The number of halogens is 1. The molecule has 3 N–H and O–H groups in total. The fraction of sp³-hybridized carbons (Fsp3) is 0.933. The number of amides is 1. The minimum Gasteiger partial charge on any atom is -0.381 e. The Labute approximate surface area is 134 Å². The average molecular weight is 323 g/mol. The van der Waals surface area contributed by atoms with Crippen LogP contribution >= 0.6 is 12.4 Å². The van der Waals surface area contributed by atoms with E-state index in [1.54, 1.807) is 0 Å². The highest BCUT2D eigenvalue weighted by atomic mass is 35.5. The first-order chi connectivity index (χ1) is 9.56. The van der Waals surface area contributed by atoms with Gasteiger partial charge in [-0.25, -0.2) is 0 Å². The van der Waals surface area contributed by atoms with Gasteiger partial charge in [0.25, 0.3) is 0 Å². The summed E-state index contributed by atoms with van der Waals surface area (Å²) in [4.78, 5) is 12.0. The lowest BCUT2D eigenvalue weighted by molar-refractivity contribution is -0.124. The summed E-state index contributed by atoms with van der Waals surface area (Å²) in [6.07, 6.45) is 2.78. The minimum absolute atomic E-state index is 0. The summed E-state index contributed by atoms with van der Waals surface area (Å²) in [6.45, 7) is 9.02. The van der Waals surface area contributed by atoms with E-state index in [1.165, 1.54) is 0 Å². The number of ether oxygens (including phenoxy) is 2. The Morgan fingerprint density at radius 3 is 2.52 bits per heavy atom. The molecule has 1 heterocycles. The van der Waals surface area contributed by atoms with Crippen LogP contribution in [-0.2, 0) is 14.3 Å². The maximum absolute atomic E-state index is 12.0. The number of rotatable bonds is 8. The van der Waals surface area contributed by atoms with Crippen LogP contribution in [0.15, 0.2) is 0 Å². The summed E-state index contributed by atoms with van der Waals surface area (Å²) in [6, 6.07) is -0.413. The third-order valence-electron chi connectivity index (χ3n) is 3.93. The summed E-state index contributed by atoms with van der Waals surface area (Å²) in [5, 5.41) is 2.94. The molecular formula is C15H31ClN2O3. The molecule has 1 saturated heterocycles. The predicted molar refractivity (Wildman–Crippen MR) is 86.6 cm³/mol. The highest BCUT2D eigenvalue weighted by Crippen LogP contribution is 2.17. The normalized spacial score (nSPS) is 18.9. The first kappa shape index (κ1) is 20.6. The van der Waals surface area contributed by atoms with Gasteiger partial charge in [-0.1, -0.05) is 13.8 Å². The predicted octanol–water partition coefficient (Wildman–Crippen LogP) is 1.73. The van der Waals surface area contributed by atoms with E-state index in [0.29, 0.717) is 32.3 Å². The van der Waals surface area contributed by atoms with Crippen LogP contribution in [0, 0.1) is 11.8 Å². The van der Waals surface area contributed by atoms with Gasteiger partial charge in [0.2, 0.25) is 5.91 Å². The molecule has 1 aliphatic rings. The molecule has 0 aromatic rings. The van der Waals surface area contributed by atoms with Gasteiger partial charge in [0.15, 0.2) is 0 Å². The molecule has 0 aliphatic carbocycles. The second kappa shape index (κ2) is 11.2. The fourth-order valence-electron chi connectivity index (χ4n) is 2.57. The fourth-order valence-corrected chi connectivity index (χ4v) is 2.57. The van der Waals surface area contributed by atoms with Gasteiger partial charge in [0, 0.05) is 26.4 Å². The number of carbonyl (C=O) groups is 1. The first-order valence-corrected chi connectivity index (χ1v) is 7.78. The summed E-state index contributed by atoms with van der Waals surface area (Å²) < 4.78 is 11.0. The smallest absolute Gasteiger partial charge is 0.237 e. The molecule has 0 spiro atoms. The van der Waals surface area contributed by atoms with Crippen molar-refractivity contribution in [3.63, 3.8) is 0 Å². The van der Waals surface area contributed by atoms with Crippen molar-refractivity contribution in [1.82, 2.24) is 5.32 Å². The lowest BCUT2D eigenvalue weighted by Gasteiger charge is -2.27. The van der Waals surface area contributed by atoms with Crippen LogP contribution in [0.2, 0.25) is 0 Å². The molecule has 0 bridgehead atoms. The standard InChI is InChI=1S/C15H30N2O3.ClH/c1-4-20-13(11(2)3)5-8-17-15(18)14(16)12-6-9-19-10-7-12;/h11-14H,4-10,16H2,1-3H3,(H,17,18);1H. The molecule has 1 fully saturated rings. The molecule has 21 heavy (non-hydrogen) atoms. The van der Waals surface area contributed by atoms with Crippen LogP contribution in [0.1, 0.15) is 40.0 Å². The zero-order chi connectivity index (χ0) is 15.0. The second-order valence-corrected chi connectivity index (χ2v) is 5.79. The van der Waals surface area contributed by atoms with Crippen LogP contribution < -0.4 is 11.1 Å². The zero-order valence-electron chi connectivity index (χ0n) is 13.5. The maximum atomic E-state index is 12.0. The van der Waals surface area contributed by atoms with Crippen LogP contribution in [0.3, 0.4) is 0 Å². The van der Waals surface area contributed by atoms with Crippen LogP contribution in [-0.4, -0.2) is 44.4 Å². The Morgan fingerprint density at radius 2 is 2.00 bits per heavy atom. The van der Waals surface area contributed by atoms with E-state index in [1.807, 2.05) is 6.92 Å². The Morgan fingerprint density at radius 1 is 1.38 bits per heavy atom. The highest BCUT2D eigenvalue weighted by molar-refractivity contribution is 5.85. The number of carbonyl (C=O) groups excluding carboxylic acids is 1. The van der Waals surface area contributed by atoms with E-state index in [2.05, 4.69) is 19.2 Å². The molecule has 1 aliphatic heterocycles. The van der Waals surface area contributed by atoms with Crippen molar-refractivity contribution in [2.75, 3.05) is 26.4 Å². The van der Waals surface area contributed by atoms with Crippen molar-refractivity contribution >= 4 is 18.3 Å². The van der Waals surface area contributed by atoms with Crippen molar-refractivity contribution in [2.24, 2.45) is 17.6 Å². The third-order valence-corrected chi connectivity index (χ3v) is 3.93. The first-order valence-electron chi connectivity index (χ1n) is 7.78. The Kier molecular flexibility index (Phi) is 11.0. The maximum Gasteiger partial charge on any atom is 0.237 e. The van der Waals surface area contributed by atoms with E-state index in [4.69, 9.17) is 15.2 Å². The number of hydrogen-bond donors (Lipinski definition) is 2. The number of nitrogens with one attached hydrogen (secondary N) is 1. The summed E-state index contributed by atoms with van der Waals surface area (Å²) >= 11 is 0. The topological polar surface area (TPSA) is 73.6 Å². The molecule has 1 rings (SSSR count). The summed E-state index contributed by atoms with van der Waals surface area (Å²) in [5.41, 5.74) is 6.03.